The summed E-state index contributed by atoms with van der Waals surface area (Å²) in [5, 5.41) is 29.1. The third-order valence-electron chi connectivity index (χ3n) is 2.44. The van der Waals surface area contributed by atoms with Crippen molar-refractivity contribution in [2.24, 2.45) is 0 Å². The fourth-order valence-electron chi connectivity index (χ4n) is 1.45. The van der Waals surface area contributed by atoms with Gasteiger partial charge in [0.05, 0.1) is 18.3 Å². The topological polar surface area (TPSA) is 133 Å². The van der Waals surface area contributed by atoms with E-state index < -0.39 is 18.0 Å². The van der Waals surface area contributed by atoms with E-state index in [1.807, 2.05) is 0 Å². The second kappa shape index (κ2) is 6.72. The van der Waals surface area contributed by atoms with Gasteiger partial charge < -0.3 is 26.4 Å². The first-order valence-corrected chi connectivity index (χ1v) is 5.65. The molecule has 1 atom stereocenters. The largest absolute Gasteiger partial charge is 0.478 e. The van der Waals surface area contributed by atoms with Crippen LogP contribution in [-0.4, -0.2) is 46.5 Å². The number of aliphatic hydroxyl groups is 2. The fourth-order valence-corrected chi connectivity index (χ4v) is 1.45. The normalized spacial score (nSPS) is 11.9. The molecule has 0 aliphatic carbocycles. The standard InChI is InChI=1S/C12H16N2O5/c13-9-4-7(3-8(5-9)12(18)19)11(17)14-2-1-10(16)6-15/h3-5,10,15-16H,1-2,6,13H2,(H,14,17)(H,18,19). The van der Waals surface area contributed by atoms with Gasteiger partial charge in [-0.25, -0.2) is 4.79 Å². The Morgan fingerprint density at radius 3 is 2.47 bits per heavy atom. The van der Waals surface area contributed by atoms with Gasteiger partial charge in [-0.3, -0.25) is 4.79 Å². The van der Waals surface area contributed by atoms with E-state index in [4.69, 9.17) is 21.1 Å². The highest BCUT2D eigenvalue weighted by atomic mass is 16.4. The van der Waals surface area contributed by atoms with Crippen LogP contribution < -0.4 is 11.1 Å². The molecule has 0 saturated heterocycles. The number of nitrogen functional groups attached to an aromatic ring is 1. The van der Waals surface area contributed by atoms with Crippen LogP contribution in [0.2, 0.25) is 0 Å². The molecular formula is C12H16N2O5. The summed E-state index contributed by atoms with van der Waals surface area (Å²) in [5.41, 5.74) is 5.76. The first-order valence-electron chi connectivity index (χ1n) is 5.65. The van der Waals surface area contributed by atoms with Crippen molar-refractivity contribution in [1.82, 2.24) is 5.32 Å². The van der Waals surface area contributed by atoms with Crippen LogP contribution in [0, 0.1) is 0 Å². The molecule has 1 amide bonds. The quantitative estimate of drug-likeness (QED) is 0.439. The number of nitrogens with two attached hydrogens (primary N) is 1. The Morgan fingerprint density at radius 2 is 1.89 bits per heavy atom. The molecule has 0 fully saturated rings. The van der Waals surface area contributed by atoms with E-state index in [1.54, 1.807) is 0 Å². The molecule has 0 aromatic heterocycles. The maximum atomic E-state index is 11.7. The third kappa shape index (κ3) is 4.57. The SMILES string of the molecule is Nc1cc(C(=O)O)cc(C(=O)NCCC(O)CO)c1. The van der Waals surface area contributed by atoms with E-state index in [-0.39, 0.29) is 36.4 Å². The molecule has 104 valence electrons. The minimum absolute atomic E-state index is 0.0689. The van der Waals surface area contributed by atoms with Crippen LogP contribution in [0.3, 0.4) is 0 Å². The minimum atomic E-state index is -1.17. The van der Waals surface area contributed by atoms with Gasteiger partial charge in [0.2, 0.25) is 0 Å². The Labute approximate surface area is 109 Å². The molecule has 0 radical (unpaired) electrons. The molecule has 1 aromatic carbocycles. The van der Waals surface area contributed by atoms with E-state index in [0.29, 0.717) is 0 Å². The minimum Gasteiger partial charge on any atom is -0.478 e. The van der Waals surface area contributed by atoms with Gasteiger partial charge in [-0.1, -0.05) is 0 Å². The van der Waals surface area contributed by atoms with Crippen molar-refractivity contribution in [3.8, 4) is 0 Å². The Kier molecular flexibility index (Phi) is 5.28. The number of hydrogen-bond donors (Lipinski definition) is 5. The number of amides is 1. The average Bonchev–Trinajstić information content (AvgIpc) is 2.37. The fraction of sp³-hybridized carbons (Fsp3) is 0.333. The van der Waals surface area contributed by atoms with Crippen molar-refractivity contribution in [2.45, 2.75) is 12.5 Å². The van der Waals surface area contributed by atoms with Crippen molar-refractivity contribution in [3.05, 3.63) is 29.3 Å². The zero-order chi connectivity index (χ0) is 14.4. The molecule has 1 rings (SSSR count). The number of rotatable bonds is 6. The zero-order valence-corrected chi connectivity index (χ0v) is 10.2. The summed E-state index contributed by atoms with van der Waals surface area (Å²) >= 11 is 0. The average molecular weight is 268 g/mol. The Bertz CT molecular complexity index is 475. The molecule has 0 aliphatic rings. The molecule has 0 saturated carbocycles. The molecule has 7 nitrogen and oxygen atoms in total. The number of carboxylic acid groups (broad SMARTS) is 1. The number of aromatic carboxylic acids is 1. The summed E-state index contributed by atoms with van der Waals surface area (Å²) in [6, 6.07) is 3.84. The first kappa shape index (κ1) is 14.9. The van der Waals surface area contributed by atoms with Gasteiger partial charge in [0.15, 0.2) is 0 Å². The summed E-state index contributed by atoms with van der Waals surface area (Å²) < 4.78 is 0. The van der Waals surface area contributed by atoms with Gasteiger partial charge in [-0.2, -0.15) is 0 Å². The molecular weight excluding hydrogens is 252 g/mol. The lowest BCUT2D eigenvalue weighted by Gasteiger charge is -2.09. The predicted molar refractivity (Wildman–Crippen MR) is 67.9 cm³/mol. The number of aliphatic hydroxyl groups excluding tert-OH is 2. The summed E-state index contributed by atoms with van der Waals surface area (Å²) in [6.07, 6.45) is -0.688. The lowest BCUT2D eigenvalue weighted by Crippen LogP contribution is -2.28. The van der Waals surface area contributed by atoms with E-state index in [0.717, 1.165) is 0 Å². The van der Waals surface area contributed by atoms with Crippen LogP contribution in [0.1, 0.15) is 27.1 Å². The molecule has 7 heteroatoms. The van der Waals surface area contributed by atoms with E-state index in [1.165, 1.54) is 18.2 Å². The summed E-state index contributed by atoms with van der Waals surface area (Å²) in [7, 11) is 0. The van der Waals surface area contributed by atoms with Gasteiger partial charge in [-0.15, -0.1) is 0 Å². The summed E-state index contributed by atoms with van der Waals surface area (Å²) in [6.45, 7) is -0.213. The Balaban J connectivity index is 2.69. The van der Waals surface area contributed by atoms with Crippen molar-refractivity contribution in [3.63, 3.8) is 0 Å². The van der Waals surface area contributed by atoms with Gasteiger partial charge >= 0.3 is 5.97 Å². The highest BCUT2D eigenvalue weighted by Crippen LogP contribution is 2.12. The van der Waals surface area contributed by atoms with Gasteiger partial charge in [0.1, 0.15) is 0 Å². The molecule has 19 heavy (non-hydrogen) atoms. The molecule has 1 unspecified atom stereocenters. The Morgan fingerprint density at radius 1 is 1.26 bits per heavy atom. The van der Waals surface area contributed by atoms with Crippen LogP contribution in [0.15, 0.2) is 18.2 Å². The lowest BCUT2D eigenvalue weighted by atomic mass is 10.1. The van der Waals surface area contributed by atoms with Gasteiger partial charge in [-0.05, 0) is 24.6 Å². The van der Waals surface area contributed by atoms with Crippen molar-refractivity contribution >= 4 is 17.6 Å². The summed E-state index contributed by atoms with van der Waals surface area (Å²) in [5.74, 6) is -1.66. The first-order chi connectivity index (χ1) is 8.93. The van der Waals surface area contributed by atoms with Crippen LogP contribution in [0.4, 0.5) is 5.69 Å². The highest BCUT2D eigenvalue weighted by molar-refractivity contribution is 5.98. The Hall–Kier alpha value is -2.12. The smallest absolute Gasteiger partial charge is 0.335 e. The van der Waals surface area contributed by atoms with Crippen molar-refractivity contribution in [2.75, 3.05) is 18.9 Å². The molecule has 0 spiro atoms. The number of carboxylic acids is 1. The second-order valence-electron chi connectivity index (χ2n) is 4.03. The number of nitrogens with one attached hydrogen (secondary N) is 1. The van der Waals surface area contributed by atoms with Crippen LogP contribution in [0.25, 0.3) is 0 Å². The third-order valence-corrected chi connectivity index (χ3v) is 2.44. The second-order valence-corrected chi connectivity index (χ2v) is 4.03. The molecule has 0 heterocycles. The van der Waals surface area contributed by atoms with E-state index >= 15 is 0 Å². The van der Waals surface area contributed by atoms with E-state index in [9.17, 15) is 9.59 Å². The molecule has 1 aromatic rings. The van der Waals surface area contributed by atoms with Crippen molar-refractivity contribution < 1.29 is 24.9 Å². The monoisotopic (exact) mass is 268 g/mol. The molecule has 0 bridgehead atoms. The van der Waals surface area contributed by atoms with E-state index in [2.05, 4.69) is 5.32 Å². The maximum absolute atomic E-state index is 11.7. The number of carbonyl (C=O) groups is 2. The lowest BCUT2D eigenvalue weighted by molar-refractivity contribution is 0.0697. The number of anilines is 1. The number of hydrogen-bond acceptors (Lipinski definition) is 5. The zero-order valence-electron chi connectivity index (χ0n) is 10.2. The molecule has 0 aliphatic heterocycles. The van der Waals surface area contributed by atoms with Gasteiger partial charge in [0, 0.05) is 17.8 Å². The van der Waals surface area contributed by atoms with Crippen LogP contribution in [-0.2, 0) is 0 Å². The van der Waals surface area contributed by atoms with Crippen LogP contribution >= 0.6 is 0 Å². The predicted octanol–water partition coefficient (Wildman–Crippen LogP) is -0.560. The van der Waals surface area contributed by atoms with Crippen molar-refractivity contribution in [1.29, 1.82) is 0 Å². The van der Waals surface area contributed by atoms with Gasteiger partial charge in [0.25, 0.3) is 5.91 Å². The number of carbonyl (C=O) groups excluding carboxylic acids is 1. The van der Waals surface area contributed by atoms with Crippen LogP contribution in [0.5, 0.6) is 0 Å². The molecule has 6 N–H and O–H groups in total. The number of benzene rings is 1. The highest BCUT2D eigenvalue weighted by Gasteiger charge is 2.11. The summed E-state index contributed by atoms with van der Waals surface area (Å²) in [4.78, 5) is 22.6. The maximum Gasteiger partial charge on any atom is 0.335 e.